The van der Waals surface area contributed by atoms with Crippen LogP contribution in [0.15, 0.2) is 191 Å². The van der Waals surface area contributed by atoms with E-state index in [1.54, 1.807) is 0 Å². The minimum Gasteiger partial charge on any atom is -0.456 e. The number of hydrogen-bond donors (Lipinski definition) is 0. The molecule has 0 fully saturated rings. The average Bonchev–Trinajstić information content (AvgIpc) is 3.81. The highest BCUT2D eigenvalue weighted by atomic mass is 16.3. The summed E-state index contributed by atoms with van der Waals surface area (Å²) >= 11 is 0. The van der Waals surface area contributed by atoms with Crippen LogP contribution in [0.2, 0.25) is 0 Å². The summed E-state index contributed by atoms with van der Waals surface area (Å²) in [5.74, 6) is 0.618. The molecule has 2 heterocycles. The van der Waals surface area contributed by atoms with Crippen LogP contribution in [-0.4, -0.2) is 4.98 Å². The Hall–Kier alpha value is -6.91. The second kappa shape index (κ2) is 11.9. The number of rotatable bonds is 6. The van der Waals surface area contributed by atoms with Gasteiger partial charge in [0.1, 0.15) is 16.7 Å². The minimum absolute atomic E-state index is 0.618. The molecule has 10 rings (SSSR count). The number of anilines is 3. The molecule has 0 unspecified atom stereocenters. The van der Waals surface area contributed by atoms with E-state index in [-0.39, 0.29) is 0 Å². The molecule has 0 saturated carbocycles. The van der Waals surface area contributed by atoms with Gasteiger partial charge in [0.2, 0.25) is 5.89 Å². The van der Waals surface area contributed by atoms with Crippen LogP contribution in [0.4, 0.5) is 17.1 Å². The van der Waals surface area contributed by atoms with Crippen LogP contribution >= 0.6 is 0 Å². The Bertz CT molecular complexity index is 2870. The van der Waals surface area contributed by atoms with E-state index >= 15 is 0 Å². The van der Waals surface area contributed by atoms with Gasteiger partial charge in [-0.05, 0) is 94.2 Å². The number of oxazole rings is 1. The number of hydrogen-bond acceptors (Lipinski definition) is 4. The summed E-state index contributed by atoms with van der Waals surface area (Å²) in [6, 6.07) is 63.4. The normalized spacial score (nSPS) is 11.5. The molecule has 240 valence electrons. The molecule has 4 nitrogen and oxygen atoms in total. The number of benzene rings is 8. The number of furan rings is 1. The first-order valence-corrected chi connectivity index (χ1v) is 17.1. The highest BCUT2D eigenvalue weighted by Crippen LogP contribution is 2.44. The summed E-state index contributed by atoms with van der Waals surface area (Å²) in [5.41, 5.74) is 11.8. The molecular formula is C47H30N2O2. The van der Waals surface area contributed by atoms with E-state index in [9.17, 15) is 0 Å². The molecule has 10 aromatic rings. The molecule has 51 heavy (non-hydrogen) atoms. The Kier molecular flexibility index (Phi) is 6.78. The first-order valence-electron chi connectivity index (χ1n) is 17.1. The number of fused-ring (bicyclic) bond motifs is 5. The number of nitrogens with zero attached hydrogens (tertiary/aromatic N) is 2. The van der Waals surface area contributed by atoms with Crippen molar-refractivity contribution in [2.45, 2.75) is 0 Å². The molecule has 0 bridgehead atoms. The molecule has 2 aromatic heterocycles. The standard InChI is InChI=1S/C47H30N2O2/c1-2-12-33(13-3-1)47-48-46-39(18-9-22-44(46)51-47)32-25-27-37(28-26-32)49(41-19-10-21-43-45(41)40-17-6-7-20-42(40)50-43)38-16-8-15-35(30-38)36-24-23-31-11-4-5-14-34(31)29-36/h1-30H. The van der Waals surface area contributed by atoms with Crippen molar-refractivity contribution in [2.75, 3.05) is 4.90 Å². The molecule has 0 aliphatic rings. The maximum atomic E-state index is 6.36. The molecule has 8 aromatic carbocycles. The van der Waals surface area contributed by atoms with Crippen molar-refractivity contribution in [3.63, 3.8) is 0 Å². The van der Waals surface area contributed by atoms with Crippen molar-refractivity contribution in [3.8, 4) is 33.7 Å². The van der Waals surface area contributed by atoms with Crippen LogP contribution in [0, 0.1) is 0 Å². The van der Waals surface area contributed by atoms with Gasteiger partial charge in [-0.15, -0.1) is 0 Å². The Morgan fingerprint density at radius 2 is 1.10 bits per heavy atom. The average molecular weight is 655 g/mol. The maximum absolute atomic E-state index is 6.36. The fraction of sp³-hybridized carbons (Fsp3) is 0. The molecule has 0 aliphatic carbocycles. The summed E-state index contributed by atoms with van der Waals surface area (Å²) in [4.78, 5) is 7.28. The summed E-state index contributed by atoms with van der Waals surface area (Å²) in [5, 5.41) is 4.62. The van der Waals surface area contributed by atoms with E-state index in [0.717, 1.165) is 72.4 Å². The van der Waals surface area contributed by atoms with Gasteiger partial charge in [0.05, 0.1) is 11.1 Å². The Morgan fingerprint density at radius 1 is 0.412 bits per heavy atom. The van der Waals surface area contributed by atoms with Gasteiger partial charge in [-0.25, -0.2) is 4.98 Å². The first kappa shape index (κ1) is 29.0. The fourth-order valence-electron chi connectivity index (χ4n) is 7.24. The van der Waals surface area contributed by atoms with Crippen LogP contribution in [0.25, 0.3) is 77.5 Å². The Balaban J connectivity index is 1.12. The zero-order valence-electron chi connectivity index (χ0n) is 27.5. The lowest BCUT2D eigenvalue weighted by Gasteiger charge is -2.27. The SMILES string of the molecule is c1ccc(-c2nc3c(-c4ccc(N(c5cccc(-c6ccc7ccccc7c6)c5)c5cccc6oc7ccccc7c56)cc4)cccc3o2)cc1. The van der Waals surface area contributed by atoms with E-state index in [1.165, 1.54) is 16.3 Å². The number of aromatic nitrogens is 1. The predicted octanol–water partition coefficient (Wildman–Crippen LogP) is 13.4. The highest BCUT2D eigenvalue weighted by molar-refractivity contribution is 6.13. The van der Waals surface area contributed by atoms with E-state index in [2.05, 4.69) is 126 Å². The van der Waals surface area contributed by atoms with Crippen molar-refractivity contribution >= 4 is 60.9 Å². The van der Waals surface area contributed by atoms with E-state index in [0.29, 0.717) is 5.89 Å². The van der Waals surface area contributed by atoms with Crippen LogP contribution in [0.1, 0.15) is 0 Å². The van der Waals surface area contributed by atoms with Gasteiger partial charge < -0.3 is 13.7 Å². The monoisotopic (exact) mass is 654 g/mol. The van der Waals surface area contributed by atoms with Crippen LogP contribution in [0.3, 0.4) is 0 Å². The van der Waals surface area contributed by atoms with Crippen LogP contribution in [0.5, 0.6) is 0 Å². The van der Waals surface area contributed by atoms with E-state index in [1.807, 2.05) is 60.7 Å². The lowest BCUT2D eigenvalue weighted by molar-refractivity contribution is 0.620. The third-order valence-electron chi connectivity index (χ3n) is 9.68. The van der Waals surface area contributed by atoms with Crippen molar-refractivity contribution in [2.24, 2.45) is 0 Å². The molecular weight excluding hydrogens is 625 g/mol. The molecule has 0 spiro atoms. The molecule has 0 radical (unpaired) electrons. The lowest BCUT2D eigenvalue weighted by atomic mass is 10.00. The van der Waals surface area contributed by atoms with E-state index in [4.69, 9.17) is 13.8 Å². The topological polar surface area (TPSA) is 42.4 Å². The summed E-state index contributed by atoms with van der Waals surface area (Å²) in [6.07, 6.45) is 0. The molecule has 4 heteroatoms. The second-order valence-corrected chi connectivity index (χ2v) is 12.8. The van der Waals surface area contributed by atoms with Gasteiger partial charge in [-0.2, -0.15) is 0 Å². The predicted molar refractivity (Wildman–Crippen MR) is 210 cm³/mol. The summed E-state index contributed by atoms with van der Waals surface area (Å²) < 4.78 is 12.6. The Morgan fingerprint density at radius 3 is 2.00 bits per heavy atom. The minimum atomic E-state index is 0.618. The highest BCUT2D eigenvalue weighted by Gasteiger charge is 2.20. The lowest BCUT2D eigenvalue weighted by Crippen LogP contribution is -2.10. The maximum Gasteiger partial charge on any atom is 0.227 e. The van der Waals surface area contributed by atoms with Gasteiger partial charge >= 0.3 is 0 Å². The van der Waals surface area contributed by atoms with Crippen LogP contribution in [-0.2, 0) is 0 Å². The smallest absolute Gasteiger partial charge is 0.227 e. The van der Waals surface area contributed by atoms with Gasteiger partial charge in [0.25, 0.3) is 0 Å². The zero-order valence-corrected chi connectivity index (χ0v) is 27.5. The molecule has 0 N–H and O–H groups in total. The fourth-order valence-corrected chi connectivity index (χ4v) is 7.24. The van der Waals surface area contributed by atoms with Gasteiger partial charge in [-0.1, -0.05) is 115 Å². The molecule has 0 aliphatic heterocycles. The quantitative estimate of drug-likeness (QED) is 0.179. The molecule has 0 saturated heterocycles. The third kappa shape index (κ3) is 5.04. The zero-order chi connectivity index (χ0) is 33.7. The molecule has 0 atom stereocenters. The number of para-hydroxylation sites is 2. The third-order valence-corrected chi connectivity index (χ3v) is 9.68. The largest absolute Gasteiger partial charge is 0.456 e. The van der Waals surface area contributed by atoms with Crippen molar-refractivity contribution in [3.05, 3.63) is 182 Å². The van der Waals surface area contributed by atoms with Gasteiger partial charge in [0, 0.05) is 27.9 Å². The second-order valence-electron chi connectivity index (χ2n) is 12.8. The van der Waals surface area contributed by atoms with Crippen molar-refractivity contribution < 1.29 is 8.83 Å². The Labute approximate surface area is 294 Å². The summed E-state index contributed by atoms with van der Waals surface area (Å²) in [6.45, 7) is 0. The van der Waals surface area contributed by atoms with E-state index < -0.39 is 0 Å². The van der Waals surface area contributed by atoms with Gasteiger partial charge in [-0.3, -0.25) is 0 Å². The van der Waals surface area contributed by atoms with Gasteiger partial charge in [0.15, 0.2) is 5.58 Å². The molecule has 0 amide bonds. The van der Waals surface area contributed by atoms with Crippen molar-refractivity contribution in [1.29, 1.82) is 0 Å². The van der Waals surface area contributed by atoms with Crippen LogP contribution < -0.4 is 4.90 Å². The van der Waals surface area contributed by atoms with Crippen molar-refractivity contribution in [1.82, 2.24) is 4.98 Å². The summed E-state index contributed by atoms with van der Waals surface area (Å²) in [7, 11) is 0. The first-order chi connectivity index (χ1) is 25.3.